The van der Waals surface area contributed by atoms with Crippen LogP contribution in [0.5, 0.6) is 0 Å². The Hall–Kier alpha value is -2.14. The van der Waals surface area contributed by atoms with Crippen molar-refractivity contribution < 1.29 is 15.0 Å². The minimum absolute atomic E-state index is 0.0805. The number of nitrogens with zero attached hydrogens (tertiary/aromatic N) is 1. The van der Waals surface area contributed by atoms with Gasteiger partial charge in [-0.15, -0.1) is 0 Å². The van der Waals surface area contributed by atoms with Gasteiger partial charge in [0.05, 0.1) is 23.7 Å². The number of fused-ring (bicyclic) bond motifs is 1. The van der Waals surface area contributed by atoms with Crippen LogP contribution in [-0.4, -0.2) is 33.3 Å². The van der Waals surface area contributed by atoms with E-state index in [0.717, 1.165) is 42.3 Å². The fourth-order valence-corrected chi connectivity index (χ4v) is 3.04. The maximum absolute atomic E-state index is 11.0. The maximum atomic E-state index is 11.0. The van der Waals surface area contributed by atoms with Crippen molar-refractivity contribution >= 4 is 22.6 Å². The van der Waals surface area contributed by atoms with Gasteiger partial charge in [-0.1, -0.05) is 18.2 Å². The molecule has 116 valence electrons. The number of carboxylic acid groups (broad SMARTS) is 1. The Labute approximate surface area is 129 Å². The summed E-state index contributed by atoms with van der Waals surface area (Å²) in [5.74, 6) is -0.880. The molecular formula is C17H20N2O3. The maximum Gasteiger partial charge on any atom is 0.309 e. The average molecular weight is 300 g/mol. The lowest BCUT2D eigenvalue weighted by molar-refractivity contribution is -0.136. The number of hydrogen-bond donors (Lipinski definition) is 3. The van der Waals surface area contributed by atoms with Crippen molar-refractivity contribution in [3.05, 3.63) is 36.0 Å². The molecule has 1 heterocycles. The number of anilines is 1. The van der Waals surface area contributed by atoms with Gasteiger partial charge < -0.3 is 15.5 Å². The van der Waals surface area contributed by atoms with Crippen molar-refractivity contribution in [3.8, 4) is 0 Å². The van der Waals surface area contributed by atoms with E-state index >= 15 is 0 Å². The van der Waals surface area contributed by atoms with E-state index in [2.05, 4.69) is 10.3 Å². The van der Waals surface area contributed by atoms with Crippen LogP contribution in [0.15, 0.2) is 30.3 Å². The normalized spacial score (nSPS) is 21.7. The molecule has 5 heteroatoms. The van der Waals surface area contributed by atoms with E-state index in [0.29, 0.717) is 11.7 Å². The van der Waals surface area contributed by atoms with Gasteiger partial charge in [-0.2, -0.15) is 0 Å². The molecule has 1 aromatic heterocycles. The Morgan fingerprint density at radius 1 is 1.23 bits per heavy atom. The molecule has 0 aliphatic heterocycles. The molecule has 1 aliphatic rings. The summed E-state index contributed by atoms with van der Waals surface area (Å²) in [6.45, 7) is 0. The molecule has 1 saturated carbocycles. The molecule has 0 saturated heterocycles. The number of carbonyl (C=O) groups is 1. The first-order valence-electron chi connectivity index (χ1n) is 7.67. The van der Waals surface area contributed by atoms with Gasteiger partial charge in [-0.05, 0) is 37.8 Å². The van der Waals surface area contributed by atoms with Crippen LogP contribution in [0.3, 0.4) is 0 Å². The molecule has 0 spiro atoms. The van der Waals surface area contributed by atoms with Gasteiger partial charge in [0.25, 0.3) is 0 Å². The van der Waals surface area contributed by atoms with Crippen molar-refractivity contribution in [2.45, 2.75) is 44.2 Å². The third-order valence-corrected chi connectivity index (χ3v) is 4.16. The largest absolute Gasteiger partial charge is 0.481 e. The fraction of sp³-hybridized carbons (Fsp3) is 0.412. The Bertz CT molecular complexity index is 679. The Balaban J connectivity index is 1.90. The van der Waals surface area contributed by atoms with Crippen LogP contribution in [0.4, 0.5) is 5.69 Å². The zero-order valence-corrected chi connectivity index (χ0v) is 12.3. The lowest BCUT2D eigenvalue weighted by Crippen LogP contribution is -2.28. The smallest absolute Gasteiger partial charge is 0.309 e. The third-order valence-electron chi connectivity index (χ3n) is 4.16. The summed E-state index contributed by atoms with van der Waals surface area (Å²) in [6, 6.07) is 9.90. The Morgan fingerprint density at radius 3 is 2.68 bits per heavy atom. The van der Waals surface area contributed by atoms with Gasteiger partial charge in [0.2, 0.25) is 0 Å². The highest BCUT2D eigenvalue weighted by atomic mass is 16.4. The molecule has 5 nitrogen and oxygen atoms in total. The summed E-state index contributed by atoms with van der Waals surface area (Å²) in [5, 5.41) is 23.1. The van der Waals surface area contributed by atoms with E-state index in [1.807, 2.05) is 30.3 Å². The van der Waals surface area contributed by atoms with E-state index in [9.17, 15) is 9.90 Å². The van der Waals surface area contributed by atoms with Crippen LogP contribution in [-0.2, 0) is 11.2 Å². The molecule has 0 radical (unpaired) electrons. The SMILES string of the molecule is O=C(O)Cc1cc(NC2CCC(O)CC2)c2ccccc2n1. The number of nitrogens with one attached hydrogen (secondary N) is 1. The molecule has 3 rings (SSSR count). The Kier molecular flexibility index (Phi) is 4.24. The van der Waals surface area contributed by atoms with Crippen molar-refractivity contribution in [1.29, 1.82) is 0 Å². The van der Waals surface area contributed by atoms with Gasteiger partial charge in [0, 0.05) is 17.1 Å². The van der Waals surface area contributed by atoms with Gasteiger partial charge in [0.1, 0.15) is 0 Å². The van der Waals surface area contributed by atoms with Crippen molar-refractivity contribution in [1.82, 2.24) is 4.98 Å². The van der Waals surface area contributed by atoms with Crippen LogP contribution in [0, 0.1) is 0 Å². The zero-order chi connectivity index (χ0) is 15.5. The second-order valence-corrected chi connectivity index (χ2v) is 5.90. The summed E-state index contributed by atoms with van der Waals surface area (Å²) in [5.41, 5.74) is 2.30. The summed E-state index contributed by atoms with van der Waals surface area (Å²) < 4.78 is 0. The molecule has 22 heavy (non-hydrogen) atoms. The third kappa shape index (κ3) is 3.36. The number of hydrogen-bond acceptors (Lipinski definition) is 4. The summed E-state index contributed by atoms with van der Waals surface area (Å²) in [6.07, 6.45) is 3.20. The van der Waals surface area contributed by atoms with E-state index in [1.54, 1.807) is 0 Å². The minimum Gasteiger partial charge on any atom is -0.481 e. The van der Waals surface area contributed by atoms with E-state index in [-0.39, 0.29) is 12.5 Å². The van der Waals surface area contributed by atoms with Crippen LogP contribution in [0.25, 0.3) is 10.9 Å². The molecule has 0 amide bonds. The molecule has 1 fully saturated rings. The quantitative estimate of drug-likeness (QED) is 0.808. The van der Waals surface area contributed by atoms with Gasteiger partial charge in [-0.3, -0.25) is 9.78 Å². The lowest BCUT2D eigenvalue weighted by Gasteiger charge is -2.27. The molecule has 0 unspecified atom stereocenters. The second-order valence-electron chi connectivity index (χ2n) is 5.90. The molecule has 1 aliphatic carbocycles. The average Bonchev–Trinajstić information content (AvgIpc) is 2.49. The van der Waals surface area contributed by atoms with E-state index in [1.165, 1.54) is 0 Å². The molecule has 1 aromatic carbocycles. The Morgan fingerprint density at radius 2 is 1.95 bits per heavy atom. The summed E-state index contributed by atoms with van der Waals surface area (Å²) >= 11 is 0. The first-order chi connectivity index (χ1) is 10.6. The van der Waals surface area contributed by atoms with Crippen molar-refractivity contribution in [3.63, 3.8) is 0 Å². The number of pyridine rings is 1. The van der Waals surface area contributed by atoms with Crippen LogP contribution < -0.4 is 5.32 Å². The highest BCUT2D eigenvalue weighted by molar-refractivity contribution is 5.92. The topological polar surface area (TPSA) is 82.5 Å². The number of rotatable bonds is 4. The number of aliphatic carboxylic acids is 1. The summed E-state index contributed by atoms with van der Waals surface area (Å²) in [7, 11) is 0. The highest BCUT2D eigenvalue weighted by Crippen LogP contribution is 2.27. The second kappa shape index (κ2) is 6.32. The van der Waals surface area contributed by atoms with Gasteiger partial charge in [0.15, 0.2) is 0 Å². The molecule has 2 aromatic rings. The number of carboxylic acids is 1. The highest BCUT2D eigenvalue weighted by Gasteiger charge is 2.20. The molecule has 0 bridgehead atoms. The standard InChI is InChI=1S/C17H20N2O3/c20-13-7-5-11(6-8-13)18-16-9-12(10-17(21)22)19-15-4-2-1-3-14(15)16/h1-4,9,11,13,20H,5-8,10H2,(H,18,19)(H,21,22). The van der Waals surface area contributed by atoms with Crippen molar-refractivity contribution in [2.24, 2.45) is 0 Å². The monoisotopic (exact) mass is 300 g/mol. The molecule has 0 atom stereocenters. The van der Waals surface area contributed by atoms with Gasteiger partial charge in [-0.25, -0.2) is 0 Å². The fourth-order valence-electron chi connectivity index (χ4n) is 3.04. The number of benzene rings is 1. The van der Waals surface area contributed by atoms with E-state index in [4.69, 9.17) is 5.11 Å². The van der Waals surface area contributed by atoms with Crippen LogP contribution in [0.2, 0.25) is 0 Å². The minimum atomic E-state index is -0.880. The van der Waals surface area contributed by atoms with Crippen LogP contribution in [0.1, 0.15) is 31.4 Å². The first-order valence-corrected chi connectivity index (χ1v) is 7.67. The number of aromatic nitrogens is 1. The van der Waals surface area contributed by atoms with Crippen LogP contribution >= 0.6 is 0 Å². The molecular weight excluding hydrogens is 280 g/mol. The van der Waals surface area contributed by atoms with Crippen molar-refractivity contribution in [2.75, 3.05) is 5.32 Å². The first kappa shape index (κ1) is 14.8. The predicted molar refractivity (Wildman–Crippen MR) is 85.0 cm³/mol. The molecule has 3 N–H and O–H groups in total. The lowest BCUT2D eigenvalue weighted by atomic mass is 9.93. The summed E-state index contributed by atoms with van der Waals surface area (Å²) in [4.78, 5) is 15.4. The zero-order valence-electron chi connectivity index (χ0n) is 12.3. The van der Waals surface area contributed by atoms with Gasteiger partial charge >= 0.3 is 5.97 Å². The van der Waals surface area contributed by atoms with E-state index < -0.39 is 5.97 Å². The number of aliphatic hydroxyl groups excluding tert-OH is 1. The number of aliphatic hydroxyl groups is 1. The predicted octanol–water partition coefficient (Wildman–Crippen LogP) is 2.58. The number of para-hydroxylation sites is 1.